The summed E-state index contributed by atoms with van der Waals surface area (Å²) in [4.78, 5) is 35.3. The third-order valence-electron chi connectivity index (χ3n) is 9.14. The minimum absolute atomic E-state index is 0.0283. The Morgan fingerprint density at radius 1 is 0.574 bits per heavy atom. The van der Waals surface area contributed by atoms with E-state index in [4.69, 9.17) is 18.5 Å². The molecule has 10 heteroatoms. The third kappa shape index (κ3) is 39.9. The van der Waals surface area contributed by atoms with Crippen molar-refractivity contribution in [3.05, 3.63) is 36.5 Å². The normalized spacial score (nSPS) is 14.0. The molecule has 9 nitrogen and oxygen atoms in total. The summed E-state index contributed by atoms with van der Waals surface area (Å²) < 4.78 is 34.3. The fraction of sp³-hybridized carbons (Fsp3) is 0.818. The fourth-order valence-electron chi connectivity index (χ4n) is 5.68. The monoisotopic (exact) mass is 785 g/mol. The molecule has 0 aliphatic carbocycles. The third-order valence-corrected chi connectivity index (χ3v) is 10.1. The number of nitrogens with zero attached hydrogens (tertiary/aromatic N) is 1. The van der Waals surface area contributed by atoms with E-state index in [0.717, 1.165) is 70.6 Å². The molecule has 0 bridgehead atoms. The molecule has 0 saturated carbocycles. The molecule has 316 valence electrons. The topological polar surface area (TPSA) is 108 Å². The van der Waals surface area contributed by atoms with Crippen LogP contribution in [0.2, 0.25) is 0 Å². The highest BCUT2D eigenvalue weighted by atomic mass is 31.2. The maximum absolute atomic E-state index is 12.7. The first-order valence-corrected chi connectivity index (χ1v) is 23.2. The number of unbranched alkanes of at least 4 members (excludes halogenated alkanes) is 19. The first-order valence-electron chi connectivity index (χ1n) is 21.7. The Labute approximate surface area is 331 Å². The summed E-state index contributed by atoms with van der Waals surface area (Å²) in [6.07, 6.45) is 40.4. The number of hydrogen-bond acceptors (Lipinski definition) is 7. The van der Waals surface area contributed by atoms with Crippen LogP contribution in [0.25, 0.3) is 0 Å². The van der Waals surface area contributed by atoms with Gasteiger partial charge in [0, 0.05) is 12.8 Å². The van der Waals surface area contributed by atoms with E-state index in [2.05, 4.69) is 50.3 Å². The second-order valence-electron chi connectivity index (χ2n) is 15.7. The van der Waals surface area contributed by atoms with Crippen LogP contribution < -0.4 is 0 Å². The summed E-state index contributed by atoms with van der Waals surface area (Å²) in [6.45, 7) is 4.36. The fourth-order valence-corrected chi connectivity index (χ4v) is 6.43. The maximum Gasteiger partial charge on any atom is 0.472 e. The van der Waals surface area contributed by atoms with Crippen LogP contribution in [-0.4, -0.2) is 74.9 Å². The van der Waals surface area contributed by atoms with Crippen LogP contribution in [-0.2, 0) is 32.7 Å². The average Bonchev–Trinajstić information content (AvgIpc) is 3.12. The van der Waals surface area contributed by atoms with Crippen molar-refractivity contribution in [2.75, 3.05) is 47.5 Å². The number of likely N-dealkylation sites (N-methyl/N-ethyl adjacent to an activating group) is 1. The molecule has 0 radical (unpaired) electrons. The molecule has 0 spiro atoms. The standard InChI is InChI=1S/C44H82NO8P/c1-6-8-10-12-14-16-18-20-22-24-26-28-30-32-34-36-43(46)50-40-42(41-52-54(48,49)51-39-38-45(3,4)5)53-44(47)37-35-33-31-29-27-25-23-21-19-17-15-13-11-9-7-2/h14,16-17,19-20,22,42H,6-13,15,18,21,23-41H2,1-5H3/p+1/b16-14-,19-17-,22-20-/t42-/m1/s1. The number of phosphoric acid groups is 1. The van der Waals surface area contributed by atoms with Gasteiger partial charge in [-0.1, -0.05) is 134 Å². The van der Waals surface area contributed by atoms with Gasteiger partial charge < -0.3 is 18.9 Å². The number of quaternary nitrogens is 1. The molecule has 1 N–H and O–H groups in total. The van der Waals surface area contributed by atoms with E-state index < -0.39 is 26.5 Å². The van der Waals surface area contributed by atoms with Crippen molar-refractivity contribution in [1.29, 1.82) is 0 Å². The van der Waals surface area contributed by atoms with Gasteiger partial charge >= 0.3 is 19.8 Å². The zero-order valence-corrected chi connectivity index (χ0v) is 36.3. The first-order chi connectivity index (χ1) is 26.0. The van der Waals surface area contributed by atoms with Crippen LogP contribution in [0.4, 0.5) is 0 Å². The highest BCUT2D eigenvalue weighted by Crippen LogP contribution is 2.43. The number of carbonyl (C=O) groups excluding carboxylic acids is 2. The predicted octanol–water partition coefficient (Wildman–Crippen LogP) is 12.1. The van der Waals surface area contributed by atoms with E-state index in [1.165, 1.54) is 77.0 Å². The lowest BCUT2D eigenvalue weighted by atomic mass is 10.1. The van der Waals surface area contributed by atoms with Gasteiger partial charge in [-0.15, -0.1) is 0 Å². The molecule has 1 unspecified atom stereocenters. The lowest BCUT2D eigenvalue weighted by molar-refractivity contribution is -0.870. The summed E-state index contributed by atoms with van der Waals surface area (Å²) in [7, 11) is 1.46. The van der Waals surface area contributed by atoms with Crippen molar-refractivity contribution in [1.82, 2.24) is 0 Å². The van der Waals surface area contributed by atoms with Gasteiger partial charge in [0.25, 0.3) is 0 Å². The summed E-state index contributed by atoms with van der Waals surface area (Å²) in [6, 6.07) is 0. The molecule has 0 aliphatic rings. The number of allylic oxidation sites excluding steroid dienone is 6. The van der Waals surface area contributed by atoms with Crippen LogP contribution in [0.15, 0.2) is 36.5 Å². The van der Waals surface area contributed by atoms with Crippen molar-refractivity contribution in [3.8, 4) is 0 Å². The van der Waals surface area contributed by atoms with Crippen molar-refractivity contribution in [3.63, 3.8) is 0 Å². The van der Waals surface area contributed by atoms with E-state index in [9.17, 15) is 19.0 Å². The first kappa shape index (κ1) is 52.2. The lowest BCUT2D eigenvalue weighted by Gasteiger charge is -2.24. The number of esters is 2. The molecule has 0 fully saturated rings. The Morgan fingerprint density at radius 2 is 1.00 bits per heavy atom. The van der Waals surface area contributed by atoms with Crippen molar-refractivity contribution < 1.29 is 42.1 Å². The second-order valence-corrected chi connectivity index (χ2v) is 17.2. The molecule has 54 heavy (non-hydrogen) atoms. The summed E-state index contributed by atoms with van der Waals surface area (Å²) in [5, 5.41) is 0. The summed E-state index contributed by atoms with van der Waals surface area (Å²) in [5.74, 6) is -0.819. The smallest absolute Gasteiger partial charge is 0.462 e. The van der Waals surface area contributed by atoms with Crippen LogP contribution >= 0.6 is 7.82 Å². The van der Waals surface area contributed by atoms with Gasteiger partial charge in [-0.05, 0) is 70.6 Å². The van der Waals surface area contributed by atoms with E-state index in [1.807, 2.05) is 21.1 Å². The van der Waals surface area contributed by atoms with Gasteiger partial charge in [-0.2, -0.15) is 0 Å². The van der Waals surface area contributed by atoms with E-state index in [0.29, 0.717) is 17.4 Å². The highest BCUT2D eigenvalue weighted by molar-refractivity contribution is 7.47. The molecular formula is C44H83NO8P+. The SMILES string of the molecule is CCCCC/C=C\C/C=C\CCCCCCCC(=O)OC[C@H](COP(=O)(O)OCC[N+](C)(C)C)OC(=O)CCCCCCCCC/C=C\CCCCCC. The molecule has 0 aromatic rings. The van der Waals surface area contributed by atoms with Crippen molar-refractivity contribution in [2.45, 2.75) is 187 Å². The molecule has 0 saturated heterocycles. The van der Waals surface area contributed by atoms with E-state index in [1.54, 1.807) is 0 Å². The largest absolute Gasteiger partial charge is 0.472 e. The molecule has 0 aromatic heterocycles. The van der Waals surface area contributed by atoms with Gasteiger partial charge in [0.15, 0.2) is 6.10 Å². The zero-order chi connectivity index (χ0) is 40.0. The van der Waals surface area contributed by atoms with Gasteiger partial charge in [0.2, 0.25) is 0 Å². The Bertz CT molecular complexity index is 1020. The Balaban J connectivity index is 4.40. The molecule has 0 rings (SSSR count). The number of ether oxygens (including phenoxy) is 2. The molecular weight excluding hydrogens is 701 g/mol. The molecule has 0 aromatic carbocycles. The lowest BCUT2D eigenvalue weighted by Crippen LogP contribution is -2.37. The second kappa shape index (κ2) is 36.8. The average molecular weight is 785 g/mol. The minimum atomic E-state index is -4.38. The van der Waals surface area contributed by atoms with Crippen molar-refractivity contribution >= 4 is 19.8 Å². The summed E-state index contributed by atoms with van der Waals surface area (Å²) in [5.41, 5.74) is 0. The van der Waals surface area contributed by atoms with Gasteiger partial charge in [-0.3, -0.25) is 18.6 Å². The Kier molecular flexibility index (Phi) is 35.6. The number of rotatable bonds is 39. The van der Waals surface area contributed by atoms with Gasteiger partial charge in [0.1, 0.15) is 19.8 Å². The van der Waals surface area contributed by atoms with E-state index in [-0.39, 0.29) is 32.0 Å². The maximum atomic E-state index is 12.7. The van der Waals surface area contributed by atoms with Gasteiger partial charge in [0.05, 0.1) is 27.7 Å². The number of phosphoric ester groups is 1. The molecule has 0 amide bonds. The van der Waals surface area contributed by atoms with Crippen molar-refractivity contribution in [2.24, 2.45) is 0 Å². The number of carbonyl (C=O) groups is 2. The predicted molar refractivity (Wildman–Crippen MR) is 224 cm³/mol. The quantitative estimate of drug-likeness (QED) is 0.0216. The Hall–Kier alpha value is -1.77. The number of hydrogen-bond donors (Lipinski definition) is 1. The Morgan fingerprint density at radius 3 is 1.52 bits per heavy atom. The van der Waals surface area contributed by atoms with Gasteiger partial charge in [-0.25, -0.2) is 4.57 Å². The van der Waals surface area contributed by atoms with E-state index >= 15 is 0 Å². The highest BCUT2D eigenvalue weighted by Gasteiger charge is 2.27. The molecule has 0 aliphatic heterocycles. The molecule has 2 atom stereocenters. The summed E-state index contributed by atoms with van der Waals surface area (Å²) >= 11 is 0. The minimum Gasteiger partial charge on any atom is -0.462 e. The zero-order valence-electron chi connectivity index (χ0n) is 35.5. The van der Waals surface area contributed by atoms with Crippen LogP contribution in [0.1, 0.15) is 181 Å². The van der Waals surface area contributed by atoms with Crippen LogP contribution in [0, 0.1) is 0 Å². The van der Waals surface area contributed by atoms with Crippen LogP contribution in [0.3, 0.4) is 0 Å². The molecule has 0 heterocycles. The van der Waals surface area contributed by atoms with Crippen LogP contribution in [0.5, 0.6) is 0 Å².